The van der Waals surface area contributed by atoms with E-state index in [-0.39, 0.29) is 29.7 Å². The molecule has 0 radical (unpaired) electrons. The predicted molar refractivity (Wildman–Crippen MR) is 127 cm³/mol. The highest BCUT2D eigenvalue weighted by atomic mass is 127. The van der Waals surface area contributed by atoms with Crippen molar-refractivity contribution in [2.45, 2.75) is 26.3 Å². The number of aliphatic imine (C=N–C) groups is 1. The van der Waals surface area contributed by atoms with Gasteiger partial charge in [0.2, 0.25) is 10.0 Å². The topological polar surface area (TPSA) is 92.3 Å². The number of ether oxygens (including phenoxy) is 2. The van der Waals surface area contributed by atoms with E-state index >= 15 is 0 Å². The largest absolute Gasteiger partial charge is 0.493 e. The Morgan fingerprint density at radius 2 is 2.07 bits per heavy atom. The lowest BCUT2D eigenvalue weighted by atomic mass is 10.1. The molecule has 0 amide bonds. The Morgan fingerprint density at radius 3 is 2.72 bits per heavy atom. The molecule has 0 saturated carbocycles. The molecule has 0 aliphatic carbocycles. The molecule has 0 aromatic heterocycles. The van der Waals surface area contributed by atoms with Gasteiger partial charge in [0, 0.05) is 58.9 Å². The van der Waals surface area contributed by atoms with Crippen LogP contribution in [0.3, 0.4) is 0 Å². The second-order valence-electron chi connectivity index (χ2n) is 6.73. The average molecular weight is 540 g/mol. The fourth-order valence-corrected chi connectivity index (χ4v) is 4.50. The first-order valence-corrected chi connectivity index (χ1v) is 11.2. The molecule has 1 aromatic carbocycles. The van der Waals surface area contributed by atoms with Crippen molar-refractivity contribution in [2.24, 2.45) is 4.99 Å². The van der Waals surface area contributed by atoms with Gasteiger partial charge in [0.15, 0.2) is 5.96 Å². The van der Waals surface area contributed by atoms with Crippen molar-refractivity contribution in [3.63, 3.8) is 0 Å². The minimum Gasteiger partial charge on any atom is -0.493 e. The van der Waals surface area contributed by atoms with E-state index in [1.54, 1.807) is 14.2 Å². The van der Waals surface area contributed by atoms with Gasteiger partial charge in [-0.05, 0) is 25.0 Å². The molecule has 10 heteroatoms. The van der Waals surface area contributed by atoms with Gasteiger partial charge < -0.3 is 20.1 Å². The molecule has 2 N–H and O–H groups in total. The number of aryl methyl sites for hydroxylation is 1. The first-order chi connectivity index (χ1) is 13.5. The highest BCUT2D eigenvalue weighted by molar-refractivity contribution is 14.0. The molecule has 0 unspecified atom stereocenters. The number of nitrogens with one attached hydrogen (secondary N) is 2. The molecule has 8 nitrogen and oxygen atoms in total. The first kappa shape index (κ1) is 25.9. The molecule has 1 aliphatic rings. The van der Waals surface area contributed by atoms with Gasteiger partial charge in [0.1, 0.15) is 5.75 Å². The van der Waals surface area contributed by atoms with Crippen molar-refractivity contribution in [1.29, 1.82) is 0 Å². The van der Waals surface area contributed by atoms with Crippen LogP contribution in [0.5, 0.6) is 5.75 Å². The van der Waals surface area contributed by atoms with E-state index in [1.807, 2.05) is 25.1 Å². The van der Waals surface area contributed by atoms with Crippen molar-refractivity contribution in [2.75, 3.05) is 52.8 Å². The molecule has 0 spiro atoms. The Hall–Kier alpha value is -1.11. The summed E-state index contributed by atoms with van der Waals surface area (Å²) in [4.78, 5) is 4.21. The summed E-state index contributed by atoms with van der Waals surface area (Å²) < 4.78 is 36.2. The maximum absolute atomic E-state index is 11.8. The zero-order valence-corrected chi connectivity index (χ0v) is 20.6. The van der Waals surface area contributed by atoms with Gasteiger partial charge in [-0.2, -0.15) is 0 Å². The molecular formula is C19H33IN4O4S. The number of hydrogen-bond donors (Lipinski definition) is 2. The predicted octanol–water partition coefficient (Wildman–Crippen LogP) is 1.73. The number of benzene rings is 1. The van der Waals surface area contributed by atoms with Crippen molar-refractivity contribution in [3.05, 3.63) is 29.3 Å². The smallest absolute Gasteiger partial charge is 0.214 e. The summed E-state index contributed by atoms with van der Waals surface area (Å²) >= 11 is 0. The van der Waals surface area contributed by atoms with E-state index in [1.165, 1.54) is 4.31 Å². The lowest BCUT2D eigenvalue weighted by Gasteiger charge is -2.17. The van der Waals surface area contributed by atoms with Gasteiger partial charge >= 0.3 is 0 Å². The van der Waals surface area contributed by atoms with Gasteiger partial charge in [-0.25, -0.2) is 12.7 Å². The second-order valence-corrected chi connectivity index (χ2v) is 8.82. The van der Waals surface area contributed by atoms with Gasteiger partial charge in [0.05, 0.1) is 12.4 Å². The van der Waals surface area contributed by atoms with Crippen LogP contribution >= 0.6 is 24.0 Å². The van der Waals surface area contributed by atoms with E-state index < -0.39 is 10.0 Å². The summed E-state index contributed by atoms with van der Waals surface area (Å²) in [6, 6.07) is 6.11. The second kappa shape index (κ2) is 13.2. The van der Waals surface area contributed by atoms with Crippen molar-refractivity contribution in [3.8, 4) is 5.75 Å². The van der Waals surface area contributed by atoms with Gasteiger partial charge in [0.25, 0.3) is 0 Å². The average Bonchev–Trinajstić information content (AvgIpc) is 3.01. The zero-order chi connectivity index (χ0) is 20.4. The molecule has 1 fully saturated rings. The minimum absolute atomic E-state index is 0. The van der Waals surface area contributed by atoms with Crippen molar-refractivity contribution >= 4 is 40.0 Å². The van der Waals surface area contributed by atoms with Crippen molar-refractivity contribution < 1.29 is 17.9 Å². The molecule has 29 heavy (non-hydrogen) atoms. The molecule has 0 bridgehead atoms. The Balaban J connectivity index is 0.00000420. The third-order valence-electron chi connectivity index (χ3n) is 4.50. The van der Waals surface area contributed by atoms with E-state index in [9.17, 15) is 8.42 Å². The SMILES string of the molecule is CN=C(NCCN1CCCS1(=O)=O)NCc1ccc(C)cc1OCCCOC.I. The number of nitrogens with zero attached hydrogens (tertiary/aromatic N) is 2. The molecule has 166 valence electrons. The number of methoxy groups -OCH3 is 1. The maximum Gasteiger partial charge on any atom is 0.214 e. The van der Waals surface area contributed by atoms with Crippen LogP contribution in [0.15, 0.2) is 23.2 Å². The highest BCUT2D eigenvalue weighted by Gasteiger charge is 2.27. The summed E-state index contributed by atoms with van der Waals surface area (Å²) in [6.45, 7) is 5.41. The fourth-order valence-electron chi connectivity index (χ4n) is 2.97. The molecule has 2 rings (SSSR count). The maximum atomic E-state index is 11.8. The third-order valence-corrected chi connectivity index (χ3v) is 6.46. The summed E-state index contributed by atoms with van der Waals surface area (Å²) in [5, 5.41) is 6.43. The molecule has 1 saturated heterocycles. The van der Waals surface area contributed by atoms with Crippen LogP contribution in [-0.4, -0.2) is 71.4 Å². The minimum atomic E-state index is -3.06. The lowest BCUT2D eigenvalue weighted by molar-refractivity contribution is 0.171. The van der Waals surface area contributed by atoms with E-state index in [2.05, 4.69) is 15.6 Å². The van der Waals surface area contributed by atoms with Crippen LogP contribution in [0.1, 0.15) is 24.0 Å². The molecule has 0 atom stereocenters. The normalized spacial score (nSPS) is 16.3. The number of rotatable bonds is 10. The standard InChI is InChI=1S/C19H32N4O4S.HI/c1-16-6-7-17(18(14-16)27-12-5-11-26-3)15-22-19(20-2)21-8-10-23-9-4-13-28(23,24)25;/h6-7,14H,4-5,8-13,15H2,1-3H3,(H2,20,21,22);1H. The monoisotopic (exact) mass is 540 g/mol. The first-order valence-electron chi connectivity index (χ1n) is 9.60. The molecule has 1 aromatic rings. The third kappa shape index (κ3) is 8.65. The number of hydrogen-bond acceptors (Lipinski definition) is 5. The Kier molecular flexibility index (Phi) is 11.8. The van der Waals surface area contributed by atoms with Crippen LogP contribution in [0.25, 0.3) is 0 Å². The number of halogens is 1. The summed E-state index contributed by atoms with van der Waals surface area (Å²) in [5.74, 6) is 1.73. The number of sulfonamides is 1. The van der Waals surface area contributed by atoms with Crippen LogP contribution < -0.4 is 15.4 Å². The van der Waals surface area contributed by atoms with Gasteiger partial charge in [-0.15, -0.1) is 24.0 Å². The van der Waals surface area contributed by atoms with Gasteiger partial charge in [-0.1, -0.05) is 12.1 Å². The summed E-state index contributed by atoms with van der Waals surface area (Å²) in [5.41, 5.74) is 2.17. The van der Waals surface area contributed by atoms with E-state index in [4.69, 9.17) is 9.47 Å². The van der Waals surface area contributed by atoms with E-state index in [0.717, 1.165) is 23.3 Å². The highest BCUT2D eigenvalue weighted by Crippen LogP contribution is 2.20. The fraction of sp³-hybridized carbons (Fsp3) is 0.632. The van der Waals surface area contributed by atoms with Crippen molar-refractivity contribution in [1.82, 2.24) is 14.9 Å². The Labute approximate surface area is 191 Å². The van der Waals surface area contributed by atoms with Gasteiger partial charge in [-0.3, -0.25) is 4.99 Å². The Bertz CT molecular complexity index is 759. The van der Waals surface area contributed by atoms with Crippen LogP contribution in [0, 0.1) is 6.92 Å². The summed E-state index contributed by atoms with van der Waals surface area (Å²) in [6.07, 6.45) is 1.54. The van der Waals surface area contributed by atoms with Crippen LogP contribution in [0.2, 0.25) is 0 Å². The number of guanidine groups is 1. The van der Waals surface area contributed by atoms with E-state index in [0.29, 0.717) is 51.8 Å². The van der Waals surface area contributed by atoms with Crippen LogP contribution in [-0.2, 0) is 21.3 Å². The summed E-state index contributed by atoms with van der Waals surface area (Å²) in [7, 11) is 0.312. The molecule has 1 heterocycles. The molecule has 1 aliphatic heterocycles. The van der Waals surface area contributed by atoms with Crippen LogP contribution in [0.4, 0.5) is 0 Å². The zero-order valence-electron chi connectivity index (χ0n) is 17.4. The lowest BCUT2D eigenvalue weighted by Crippen LogP contribution is -2.41. The molecular weight excluding hydrogens is 507 g/mol. The Morgan fingerprint density at radius 1 is 1.28 bits per heavy atom. The quantitative estimate of drug-likeness (QED) is 0.203.